The number of carbonyl (C=O) groups is 2. The number of unbranched alkanes of at least 4 members (excludes halogenated alkanes) is 1. The van der Waals surface area contributed by atoms with Gasteiger partial charge >= 0.3 is 0 Å². The number of phenols is 2. The van der Waals surface area contributed by atoms with E-state index in [0.29, 0.717) is 37.0 Å². The van der Waals surface area contributed by atoms with Crippen LogP contribution in [0.15, 0.2) is 90.8 Å². The van der Waals surface area contributed by atoms with Crippen LogP contribution in [-0.4, -0.2) is 52.1 Å². The number of rotatable bonds is 8. The first-order valence-corrected chi connectivity index (χ1v) is 18.9. The molecule has 2 aromatic heterocycles. The maximum Gasteiger partial charge on any atom is 0.161 e. The van der Waals surface area contributed by atoms with E-state index >= 15 is 0 Å². The Morgan fingerprint density at radius 2 is 1.69 bits per heavy atom. The van der Waals surface area contributed by atoms with Gasteiger partial charge in [-0.1, -0.05) is 90.2 Å². The second-order valence-corrected chi connectivity index (χ2v) is 14.6. The van der Waals surface area contributed by atoms with Gasteiger partial charge in [-0.05, 0) is 97.0 Å². The number of aromatic nitrogens is 2. The van der Waals surface area contributed by atoms with E-state index < -0.39 is 11.8 Å². The van der Waals surface area contributed by atoms with Gasteiger partial charge in [0.25, 0.3) is 0 Å². The molecule has 4 bridgehead atoms. The Bertz CT molecular complexity index is 2140. The van der Waals surface area contributed by atoms with E-state index in [0.717, 1.165) is 69.7 Å². The third-order valence-electron chi connectivity index (χ3n) is 11.0. The molecule has 2 aliphatic rings. The fourth-order valence-electron chi connectivity index (χ4n) is 8.30. The molecule has 280 valence electrons. The maximum absolute atomic E-state index is 14.9. The molecule has 4 N–H and O–H groups in total. The predicted molar refractivity (Wildman–Crippen MR) is 209 cm³/mol. The first kappa shape index (κ1) is 36.8. The highest BCUT2D eigenvalue weighted by Gasteiger charge is 2.40. The number of benzene rings is 3. The molecule has 3 atom stereocenters. The van der Waals surface area contributed by atoms with Crippen LogP contribution in [0.3, 0.4) is 0 Å². The molecule has 9 heteroatoms. The van der Waals surface area contributed by atoms with E-state index in [2.05, 4.69) is 22.1 Å². The van der Waals surface area contributed by atoms with Crippen LogP contribution in [0.4, 0.5) is 5.82 Å². The van der Waals surface area contributed by atoms with E-state index in [-0.39, 0.29) is 55.0 Å². The molecule has 1 aliphatic carbocycles. The number of phenolic OH excluding ortho intramolecular Hbond substituents is 2. The molecule has 0 radical (unpaired) electrons. The van der Waals surface area contributed by atoms with Crippen molar-refractivity contribution in [3.63, 3.8) is 0 Å². The third-order valence-corrected chi connectivity index (χ3v) is 11.0. The number of hydrogen-bond acceptors (Lipinski definition) is 6. The highest BCUT2D eigenvalue weighted by molar-refractivity contribution is 6.05. The summed E-state index contributed by atoms with van der Waals surface area (Å²) in [5, 5.41) is 36.3. The third kappa shape index (κ3) is 8.16. The Labute approximate surface area is 316 Å². The standard InChI is InChI=1S/C45H47N3O6/c1-54-41-25-31-12-13-40(51)38(16-19-49)44(53)42-34(26-39-36(15-18-46-39)37(42)11-3-2-6-28-7-5-10-35(50)24-28)27-48-45-32(14-17-47-45)21-29-8-4-9-30(20-29)22-33(23-31)43(41)52/h4-5,7-10,14-15,17-18,20,23-26,37-38,42,47,49-50,52H,2-3,6,11-13,16,19,21-22,27H2,1H3/q-2/t37-,38-,42+/m0/s1. The number of H-pyrrole nitrogens is 1. The minimum absolute atomic E-state index is 0.0372. The van der Waals surface area contributed by atoms with Crippen LogP contribution in [0.5, 0.6) is 17.2 Å². The summed E-state index contributed by atoms with van der Waals surface area (Å²) < 4.78 is 5.55. The molecule has 9 nitrogen and oxygen atoms in total. The molecule has 0 unspecified atom stereocenters. The molecule has 0 amide bonds. The monoisotopic (exact) mass is 725 g/mol. The highest BCUT2D eigenvalue weighted by atomic mass is 16.5. The molecule has 0 spiro atoms. The second kappa shape index (κ2) is 16.6. The molecule has 0 saturated carbocycles. The molecule has 3 heterocycles. The molecule has 3 aromatic carbocycles. The second-order valence-electron chi connectivity index (χ2n) is 14.6. The number of fused-ring (bicyclic) bond motifs is 7. The SMILES string of the molecule is COc1cc2cc(c1O)Cc1cccc(c1)Cc1cc[nH]c1[N-]CC1=Cc3[n-]ccc3[C@H](CCCCc3cccc(O)c3)[C@@H]1C(=O)[C@@H](CCO)C(=O)CC2. The molecule has 7 rings (SSSR count). The topological polar surface area (TPSA) is 148 Å². The van der Waals surface area contributed by atoms with Gasteiger partial charge in [0.15, 0.2) is 17.3 Å². The van der Waals surface area contributed by atoms with Crippen molar-refractivity contribution in [3.05, 3.63) is 141 Å². The van der Waals surface area contributed by atoms with Gasteiger partial charge in [0.2, 0.25) is 0 Å². The number of aromatic amines is 1. The highest BCUT2D eigenvalue weighted by Crippen LogP contribution is 2.45. The lowest BCUT2D eigenvalue weighted by molar-refractivity contribution is -0.135. The van der Waals surface area contributed by atoms with Crippen molar-refractivity contribution in [2.45, 2.75) is 63.7 Å². The van der Waals surface area contributed by atoms with Gasteiger partial charge in [-0.15, -0.1) is 5.69 Å². The number of Topliss-reactive ketones (excluding diaryl/α,β-unsaturated/α-hetero) is 2. The number of ketones is 2. The zero-order valence-corrected chi connectivity index (χ0v) is 30.6. The summed E-state index contributed by atoms with van der Waals surface area (Å²) in [6.07, 6.45) is 10.4. The van der Waals surface area contributed by atoms with Gasteiger partial charge < -0.3 is 35.3 Å². The number of nitrogens with one attached hydrogen (secondary N) is 1. The van der Waals surface area contributed by atoms with Crippen LogP contribution in [0.2, 0.25) is 0 Å². The number of aliphatic hydroxyl groups is 1. The van der Waals surface area contributed by atoms with Crippen LogP contribution in [0.1, 0.15) is 82.7 Å². The van der Waals surface area contributed by atoms with Gasteiger partial charge in [0.05, 0.1) is 13.0 Å². The summed E-state index contributed by atoms with van der Waals surface area (Å²) in [6.45, 7) is -0.0431. The largest absolute Gasteiger partial charge is 0.664 e. The van der Waals surface area contributed by atoms with Crippen molar-refractivity contribution < 1.29 is 29.6 Å². The minimum Gasteiger partial charge on any atom is -0.664 e. The van der Waals surface area contributed by atoms with Gasteiger partial charge in [0, 0.05) is 30.9 Å². The number of carbonyl (C=O) groups excluding carboxylic acids is 2. The summed E-state index contributed by atoms with van der Waals surface area (Å²) in [5.74, 6) is -0.867. The summed E-state index contributed by atoms with van der Waals surface area (Å²) in [7, 11) is 1.51. The van der Waals surface area contributed by atoms with Crippen molar-refractivity contribution in [3.8, 4) is 17.2 Å². The maximum atomic E-state index is 14.9. The lowest BCUT2D eigenvalue weighted by Crippen LogP contribution is -2.37. The Kier molecular flexibility index (Phi) is 11.3. The van der Waals surface area contributed by atoms with Crippen LogP contribution in [-0.2, 0) is 35.3 Å². The molecule has 54 heavy (non-hydrogen) atoms. The lowest BCUT2D eigenvalue weighted by atomic mass is 9.69. The van der Waals surface area contributed by atoms with E-state index in [1.165, 1.54) is 7.11 Å². The van der Waals surface area contributed by atoms with E-state index in [9.17, 15) is 24.9 Å². The number of aliphatic hydroxyl groups excluding tert-OH is 1. The fraction of sp³-hybridized carbons (Fsp3) is 0.333. The Hall–Kier alpha value is -5.54. The van der Waals surface area contributed by atoms with E-state index in [1.54, 1.807) is 24.4 Å². The van der Waals surface area contributed by atoms with Crippen LogP contribution < -0.4 is 9.72 Å². The van der Waals surface area contributed by atoms with Gasteiger partial charge in [0.1, 0.15) is 11.5 Å². The zero-order valence-electron chi connectivity index (χ0n) is 30.6. The first-order chi connectivity index (χ1) is 26.3. The first-order valence-electron chi connectivity index (χ1n) is 18.9. The van der Waals surface area contributed by atoms with Crippen molar-refractivity contribution in [1.82, 2.24) is 9.97 Å². The molecule has 1 aliphatic heterocycles. The smallest absolute Gasteiger partial charge is 0.161 e. The number of nitrogens with zero attached hydrogens (tertiary/aromatic N) is 2. The normalized spacial score (nSPS) is 18.9. The van der Waals surface area contributed by atoms with Crippen molar-refractivity contribution in [2.24, 2.45) is 11.8 Å². The summed E-state index contributed by atoms with van der Waals surface area (Å²) in [5.41, 5.74) is 8.34. The molecule has 0 saturated heterocycles. The van der Waals surface area contributed by atoms with Crippen LogP contribution >= 0.6 is 0 Å². The Morgan fingerprint density at radius 1 is 0.870 bits per heavy atom. The molecular weight excluding hydrogens is 679 g/mol. The number of aryl methyl sites for hydroxylation is 2. The molecule has 0 fully saturated rings. The minimum atomic E-state index is -0.995. The zero-order chi connectivity index (χ0) is 37.6. The van der Waals surface area contributed by atoms with Crippen LogP contribution in [0, 0.1) is 11.8 Å². The van der Waals surface area contributed by atoms with Crippen LogP contribution in [0.25, 0.3) is 11.4 Å². The number of aromatic hydroxyl groups is 2. The Balaban J connectivity index is 1.25. The summed E-state index contributed by atoms with van der Waals surface area (Å²) >= 11 is 0. The quantitative estimate of drug-likeness (QED) is 0.0940. The Morgan fingerprint density at radius 3 is 2.48 bits per heavy atom. The van der Waals surface area contributed by atoms with E-state index in [4.69, 9.17) is 10.1 Å². The fourth-order valence-corrected chi connectivity index (χ4v) is 8.30. The van der Waals surface area contributed by atoms with Crippen molar-refractivity contribution in [1.29, 1.82) is 0 Å². The number of methoxy groups -OCH3 is 1. The van der Waals surface area contributed by atoms with Gasteiger partial charge in [-0.3, -0.25) is 9.59 Å². The summed E-state index contributed by atoms with van der Waals surface area (Å²) in [6, 6.07) is 23.2. The average molecular weight is 726 g/mol. The van der Waals surface area contributed by atoms with Gasteiger partial charge in [-0.2, -0.15) is 6.20 Å². The molecule has 5 aromatic rings. The predicted octanol–water partition coefficient (Wildman–Crippen LogP) is 7.87. The van der Waals surface area contributed by atoms with Gasteiger partial charge in [-0.25, -0.2) is 0 Å². The lowest BCUT2D eigenvalue weighted by Gasteiger charge is -2.37. The van der Waals surface area contributed by atoms with Crippen molar-refractivity contribution in [2.75, 3.05) is 20.3 Å². The summed E-state index contributed by atoms with van der Waals surface area (Å²) in [4.78, 5) is 37.1. The number of hydrogen-bond donors (Lipinski definition) is 4. The average Bonchev–Trinajstić information content (AvgIpc) is 3.83. The number of ether oxygens (including phenoxy) is 1. The molecular formula is C45H47N3O6-2. The van der Waals surface area contributed by atoms with E-state index in [1.807, 2.05) is 54.7 Å². The van der Waals surface area contributed by atoms with Crippen molar-refractivity contribution >= 4 is 23.5 Å².